The normalized spacial score (nSPS) is 13.8. The number of aromatic nitrogens is 2. The van der Waals surface area contributed by atoms with Crippen LogP contribution in [-0.4, -0.2) is 24.1 Å². The fourth-order valence-corrected chi connectivity index (χ4v) is 2.80. The van der Waals surface area contributed by atoms with Crippen molar-refractivity contribution in [3.8, 4) is 0 Å². The minimum Gasteiger partial charge on any atom is -0.373 e. The molecule has 4 nitrogen and oxygen atoms in total. The summed E-state index contributed by atoms with van der Waals surface area (Å²) in [5.74, 6) is 1.60. The highest BCUT2D eigenvalue weighted by Gasteiger charge is 2.29. The van der Waals surface area contributed by atoms with E-state index in [1.807, 2.05) is 18.5 Å². The molecular formula is C13H19N3OS. The Morgan fingerprint density at radius 2 is 2.06 bits per heavy atom. The zero-order valence-corrected chi connectivity index (χ0v) is 12.3. The van der Waals surface area contributed by atoms with Crippen molar-refractivity contribution in [1.82, 2.24) is 9.97 Å². The van der Waals surface area contributed by atoms with Gasteiger partial charge in [0, 0.05) is 14.2 Å². The lowest BCUT2D eigenvalue weighted by Crippen LogP contribution is -2.22. The highest BCUT2D eigenvalue weighted by atomic mass is 32.1. The molecule has 0 spiro atoms. The zero-order valence-electron chi connectivity index (χ0n) is 11.4. The van der Waals surface area contributed by atoms with E-state index in [1.165, 1.54) is 0 Å². The molecular weight excluding hydrogens is 246 g/mol. The lowest BCUT2D eigenvalue weighted by atomic mass is 9.88. The van der Waals surface area contributed by atoms with Gasteiger partial charge in [-0.15, -0.1) is 11.3 Å². The summed E-state index contributed by atoms with van der Waals surface area (Å²) in [5.41, 5.74) is -0.0370. The van der Waals surface area contributed by atoms with Crippen LogP contribution in [0.25, 0.3) is 10.2 Å². The predicted octanol–water partition coefficient (Wildman–Crippen LogP) is 3.47. The standard InChI is InChI=1S/C13H19N3OS/c1-13(2,3)9(17-5)11-15-10(14-4)8-6-7-18-12(8)16-11/h6-7,9H,1-5H3,(H,14,15,16). The Hall–Kier alpha value is -1.20. The number of nitrogens with one attached hydrogen (secondary N) is 1. The molecule has 1 N–H and O–H groups in total. The number of nitrogens with zero attached hydrogens (tertiary/aromatic N) is 2. The molecule has 0 aromatic carbocycles. The third-order valence-corrected chi connectivity index (χ3v) is 3.64. The van der Waals surface area contributed by atoms with Crippen LogP contribution in [-0.2, 0) is 4.74 Å². The SMILES string of the molecule is CNc1nc(C(OC)C(C)(C)C)nc2sccc12. The Bertz CT molecular complexity index is 545. The summed E-state index contributed by atoms with van der Waals surface area (Å²) in [5, 5.41) is 6.22. The fraction of sp³-hybridized carbons (Fsp3) is 0.538. The number of anilines is 1. The molecule has 18 heavy (non-hydrogen) atoms. The Labute approximate surface area is 111 Å². The van der Waals surface area contributed by atoms with E-state index in [0.717, 1.165) is 21.9 Å². The van der Waals surface area contributed by atoms with Gasteiger partial charge in [-0.2, -0.15) is 0 Å². The molecule has 0 saturated carbocycles. The van der Waals surface area contributed by atoms with E-state index in [-0.39, 0.29) is 11.5 Å². The largest absolute Gasteiger partial charge is 0.373 e. The van der Waals surface area contributed by atoms with Gasteiger partial charge in [0.15, 0.2) is 5.82 Å². The van der Waals surface area contributed by atoms with E-state index in [0.29, 0.717) is 0 Å². The first-order valence-electron chi connectivity index (χ1n) is 5.93. The molecule has 0 aliphatic carbocycles. The Kier molecular flexibility index (Phi) is 3.54. The van der Waals surface area contributed by atoms with Crippen molar-refractivity contribution >= 4 is 27.4 Å². The maximum atomic E-state index is 5.58. The number of hydrogen-bond donors (Lipinski definition) is 1. The van der Waals surface area contributed by atoms with Crippen molar-refractivity contribution in [1.29, 1.82) is 0 Å². The molecule has 0 radical (unpaired) electrons. The number of ether oxygens (including phenoxy) is 1. The van der Waals surface area contributed by atoms with Crippen LogP contribution in [0.15, 0.2) is 11.4 Å². The van der Waals surface area contributed by atoms with E-state index in [2.05, 4.69) is 36.1 Å². The molecule has 0 saturated heterocycles. The molecule has 2 heterocycles. The Balaban J connectivity index is 2.56. The Morgan fingerprint density at radius 1 is 1.33 bits per heavy atom. The van der Waals surface area contributed by atoms with Crippen LogP contribution < -0.4 is 5.32 Å². The Morgan fingerprint density at radius 3 is 2.61 bits per heavy atom. The second-order valence-electron chi connectivity index (χ2n) is 5.30. The van der Waals surface area contributed by atoms with E-state index in [9.17, 15) is 0 Å². The summed E-state index contributed by atoms with van der Waals surface area (Å²) < 4.78 is 5.58. The average Bonchev–Trinajstić information content (AvgIpc) is 2.74. The number of methoxy groups -OCH3 is 1. The van der Waals surface area contributed by atoms with Gasteiger partial charge >= 0.3 is 0 Å². The van der Waals surface area contributed by atoms with Crippen LogP contribution in [0.1, 0.15) is 32.7 Å². The first kappa shape index (κ1) is 13.2. The number of hydrogen-bond acceptors (Lipinski definition) is 5. The molecule has 98 valence electrons. The summed E-state index contributed by atoms with van der Waals surface area (Å²) in [6, 6.07) is 2.04. The van der Waals surface area contributed by atoms with Crippen LogP contribution in [0, 0.1) is 5.41 Å². The average molecular weight is 265 g/mol. The lowest BCUT2D eigenvalue weighted by molar-refractivity contribution is 0.00904. The maximum absolute atomic E-state index is 5.58. The maximum Gasteiger partial charge on any atom is 0.161 e. The second kappa shape index (κ2) is 4.82. The minimum atomic E-state index is -0.115. The first-order chi connectivity index (χ1) is 8.47. The molecule has 2 rings (SSSR count). The van der Waals surface area contributed by atoms with Crippen LogP contribution in [0.3, 0.4) is 0 Å². The first-order valence-corrected chi connectivity index (χ1v) is 6.81. The monoisotopic (exact) mass is 265 g/mol. The van der Waals surface area contributed by atoms with Crippen molar-refractivity contribution in [3.63, 3.8) is 0 Å². The van der Waals surface area contributed by atoms with E-state index in [1.54, 1.807) is 18.4 Å². The summed E-state index contributed by atoms with van der Waals surface area (Å²) in [6.07, 6.45) is -0.115. The highest BCUT2D eigenvalue weighted by molar-refractivity contribution is 7.16. The highest BCUT2D eigenvalue weighted by Crippen LogP contribution is 2.36. The molecule has 2 aromatic heterocycles. The van der Waals surface area contributed by atoms with Gasteiger partial charge in [-0.05, 0) is 16.9 Å². The van der Waals surface area contributed by atoms with Crippen molar-refractivity contribution in [3.05, 3.63) is 17.3 Å². The van der Waals surface area contributed by atoms with E-state index < -0.39 is 0 Å². The molecule has 1 unspecified atom stereocenters. The van der Waals surface area contributed by atoms with Gasteiger partial charge in [-0.3, -0.25) is 0 Å². The van der Waals surface area contributed by atoms with Gasteiger partial charge in [0.05, 0.1) is 5.39 Å². The van der Waals surface area contributed by atoms with Crippen LogP contribution >= 0.6 is 11.3 Å². The zero-order chi connectivity index (χ0) is 13.3. The lowest BCUT2D eigenvalue weighted by Gasteiger charge is -2.28. The quantitative estimate of drug-likeness (QED) is 0.923. The van der Waals surface area contributed by atoms with Crippen LogP contribution in [0.5, 0.6) is 0 Å². The minimum absolute atomic E-state index is 0.0370. The van der Waals surface area contributed by atoms with Crippen molar-refractivity contribution < 1.29 is 4.74 Å². The molecule has 1 atom stereocenters. The molecule has 0 fully saturated rings. The van der Waals surface area contributed by atoms with Crippen LogP contribution in [0.2, 0.25) is 0 Å². The van der Waals surface area contributed by atoms with Gasteiger partial charge in [0.25, 0.3) is 0 Å². The van der Waals surface area contributed by atoms with Gasteiger partial charge in [0.2, 0.25) is 0 Å². The summed E-state index contributed by atoms with van der Waals surface area (Å²) in [4.78, 5) is 10.2. The third kappa shape index (κ3) is 2.33. The van der Waals surface area contributed by atoms with E-state index in [4.69, 9.17) is 4.74 Å². The molecule has 0 aliphatic rings. The van der Waals surface area contributed by atoms with Gasteiger partial charge in [-0.25, -0.2) is 9.97 Å². The molecule has 0 amide bonds. The number of fused-ring (bicyclic) bond motifs is 1. The molecule has 5 heteroatoms. The smallest absolute Gasteiger partial charge is 0.161 e. The van der Waals surface area contributed by atoms with Gasteiger partial charge < -0.3 is 10.1 Å². The second-order valence-corrected chi connectivity index (χ2v) is 6.20. The summed E-state index contributed by atoms with van der Waals surface area (Å²) in [6.45, 7) is 6.38. The number of thiophene rings is 1. The van der Waals surface area contributed by atoms with Crippen molar-refractivity contribution in [2.75, 3.05) is 19.5 Å². The van der Waals surface area contributed by atoms with Crippen molar-refractivity contribution in [2.45, 2.75) is 26.9 Å². The van der Waals surface area contributed by atoms with Crippen LogP contribution in [0.4, 0.5) is 5.82 Å². The number of rotatable bonds is 3. The van der Waals surface area contributed by atoms with Gasteiger partial charge in [0.1, 0.15) is 16.8 Å². The van der Waals surface area contributed by atoms with E-state index >= 15 is 0 Å². The molecule has 0 bridgehead atoms. The third-order valence-electron chi connectivity index (χ3n) is 2.84. The summed E-state index contributed by atoms with van der Waals surface area (Å²) in [7, 11) is 3.58. The topological polar surface area (TPSA) is 47.0 Å². The molecule has 2 aromatic rings. The predicted molar refractivity (Wildman–Crippen MR) is 76.2 cm³/mol. The van der Waals surface area contributed by atoms with Gasteiger partial charge in [-0.1, -0.05) is 20.8 Å². The summed E-state index contributed by atoms with van der Waals surface area (Å²) >= 11 is 1.62. The fourth-order valence-electron chi connectivity index (χ4n) is 2.03. The van der Waals surface area contributed by atoms with Crippen molar-refractivity contribution in [2.24, 2.45) is 5.41 Å². The molecule has 0 aliphatic heterocycles.